The molecular formula is C13H15BrN2OS. The van der Waals surface area contributed by atoms with E-state index in [2.05, 4.69) is 38.5 Å². The van der Waals surface area contributed by atoms with Gasteiger partial charge in [0.15, 0.2) is 0 Å². The van der Waals surface area contributed by atoms with Gasteiger partial charge in [0, 0.05) is 9.85 Å². The van der Waals surface area contributed by atoms with Crippen LogP contribution >= 0.6 is 27.3 Å². The fourth-order valence-electron chi connectivity index (χ4n) is 1.60. The molecule has 18 heavy (non-hydrogen) atoms. The molecule has 0 aliphatic rings. The lowest BCUT2D eigenvalue weighted by molar-refractivity contribution is 0.416. The second-order valence-corrected chi connectivity index (χ2v) is 5.64. The van der Waals surface area contributed by atoms with Gasteiger partial charge in [-0.05, 0) is 24.6 Å². The van der Waals surface area contributed by atoms with E-state index in [9.17, 15) is 0 Å². The summed E-state index contributed by atoms with van der Waals surface area (Å²) in [7, 11) is 1.67. The third-order valence-electron chi connectivity index (χ3n) is 2.52. The highest BCUT2D eigenvalue weighted by atomic mass is 79.9. The Kier molecular flexibility index (Phi) is 4.60. The van der Waals surface area contributed by atoms with E-state index in [-0.39, 0.29) is 0 Å². The molecule has 2 rings (SSSR count). The molecule has 0 radical (unpaired) electrons. The summed E-state index contributed by atoms with van der Waals surface area (Å²) >= 11 is 5.16. The monoisotopic (exact) mass is 326 g/mol. The first-order valence-electron chi connectivity index (χ1n) is 5.73. The van der Waals surface area contributed by atoms with Gasteiger partial charge in [-0.25, -0.2) is 4.98 Å². The van der Waals surface area contributed by atoms with E-state index in [1.54, 1.807) is 18.4 Å². The Morgan fingerprint density at radius 2 is 2.28 bits per heavy atom. The topological polar surface area (TPSA) is 34.2 Å². The number of nitrogens with one attached hydrogen (secondary N) is 1. The summed E-state index contributed by atoms with van der Waals surface area (Å²) in [4.78, 5) is 4.53. The van der Waals surface area contributed by atoms with Crippen molar-refractivity contribution in [3.05, 3.63) is 38.8 Å². The van der Waals surface area contributed by atoms with Crippen molar-refractivity contribution in [3.8, 4) is 5.75 Å². The van der Waals surface area contributed by atoms with Crippen LogP contribution in [0.5, 0.6) is 5.75 Å². The molecule has 0 aliphatic heterocycles. The maximum atomic E-state index is 5.31. The fraction of sp³-hybridized carbons (Fsp3) is 0.308. The number of benzene rings is 1. The molecule has 1 N–H and O–H groups in total. The molecule has 1 heterocycles. The number of hydrogen-bond donors (Lipinski definition) is 1. The minimum atomic E-state index is 0.712. The van der Waals surface area contributed by atoms with Gasteiger partial charge < -0.3 is 10.1 Å². The van der Waals surface area contributed by atoms with Crippen LogP contribution in [0.15, 0.2) is 28.1 Å². The Morgan fingerprint density at radius 3 is 2.94 bits per heavy atom. The van der Waals surface area contributed by atoms with E-state index in [1.165, 1.54) is 5.01 Å². The molecule has 0 fully saturated rings. The van der Waals surface area contributed by atoms with Gasteiger partial charge in [-0.1, -0.05) is 22.9 Å². The number of aryl methyl sites for hydroxylation is 1. The third-order valence-corrected chi connectivity index (χ3v) is 4.06. The lowest BCUT2D eigenvalue weighted by atomic mass is 10.3. The Balaban J connectivity index is 2.07. The van der Waals surface area contributed by atoms with E-state index in [1.807, 2.05) is 18.2 Å². The second kappa shape index (κ2) is 6.20. The van der Waals surface area contributed by atoms with Crippen LogP contribution in [0, 0.1) is 0 Å². The van der Waals surface area contributed by atoms with Gasteiger partial charge in [0.2, 0.25) is 0 Å². The average Bonchev–Trinajstić information content (AvgIpc) is 2.84. The molecule has 0 spiro atoms. The van der Waals surface area contributed by atoms with Crippen molar-refractivity contribution in [3.63, 3.8) is 0 Å². The fourth-order valence-corrected chi connectivity index (χ4v) is 2.70. The molecule has 5 heteroatoms. The highest BCUT2D eigenvalue weighted by Gasteiger charge is 2.05. The van der Waals surface area contributed by atoms with Crippen LogP contribution in [0.25, 0.3) is 0 Å². The zero-order valence-corrected chi connectivity index (χ0v) is 12.8. The van der Waals surface area contributed by atoms with E-state index in [4.69, 9.17) is 4.74 Å². The summed E-state index contributed by atoms with van der Waals surface area (Å²) in [6, 6.07) is 5.90. The van der Waals surface area contributed by atoms with Crippen LogP contribution in [0.4, 0.5) is 5.69 Å². The molecular weight excluding hydrogens is 312 g/mol. The molecule has 96 valence electrons. The van der Waals surface area contributed by atoms with Gasteiger partial charge in [-0.15, -0.1) is 11.3 Å². The molecule has 1 aromatic heterocycles. The maximum absolute atomic E-state index is 5.31. The van der Waals surface area contributed by atoms with E-state index in [0.717, 1.165) is 28.0 Å². The van der Waals surface area contributed by atoms with Gasteiger partial charge in [0.25, 0.3) is 0 Å². The molecule has 0 unspecified atom stereocenters. The Morgan fingerprint density at radius 1 is 1.44 bits per heavy atom. The van der Waals surface area contributed by atoms with Crippen LogP contribution in [-0.2, 0) is 13.0 Å². The minimum Gasteiger partial charge on any atom is -0.495 e. The number of halogens is 1. The second-order valence-electron chi connectivity index (χ2n) is 3.78. The average molecular weight is 327 g/mol. The Hall–Kier alpha value is -1.07. The molecule has 0 aliphatic carbocycles. The van der Waals surface area contributed by atoms with Crippen molar-refractivity contribution >= 4 is 33.0 Å². The molecule has 1 aromatic carbocycles. The van der Waals surface area contributed by atoms with Crippen LogP contribution < -0.4 is 10.1 Å². The van der Waals surface area contributed by atoms with Crippen molar-refractivity contribution in [2.24, 2.45) is 0 Å². The summed E-state index contributed by atoms with van der Waals surface area (Å²) in [5.41, 5.74) is 2.04. The number of anilines is 1. The predicted molar refractivity (Wildman–Crippen MR) is 79.5 cm³/mol. The smallest absolute Gasteiger partial charge is 0.142 e. The Bertz CT molecular complexity index is 527. The largest absolute Gasteiger partial charge is 0.495 e. The summed E-state index contributed by atoms with van der Waals surface area (Å²) in [6.07, 6.45) is 0.991. The summed E-state index contributed by atoms with van der Waals surface area (Å²) in [5, 5.41) is 6.62. The summed E-state index contributed by atoms with van der Waals surface area (Å²) in [6.45, 7) is 2.83. The van der Waals surface area contributed by atoms with Crippen LogP contribution in [0.3, 0.4) is 0 Å². The van der Waals surface area contributed by atoms with Gasteiger partial charge in [0.05, 0.1) is 30.0 Å². The molecule has 3 nitrogen and oxygen atoms in total. The summed E-state index contributed by atoms with van der Waals surface area (Å²) < 4.78 is 6.34. The highest BCUT2D eigenvalue weighted by Crippen LogP contribution is 2.28. The number of thiazole rings is 1. The van der Waals surface area contributed by atoms with E-state index < -0.39 is 0 Å². The van der Waals surface area contributed by atoms with Gasteiger partial charge in [0.1, 0.15) is 5.75 Å². The van der Waals surface area contributed by atoms with Crippen molar-refractivity contribution in [2.45, 2.75) is 19.9 Å². The van der Waals surface area contributed by atoms with Crippen molar-refractivity contribution in [2.75, 3.05) is 12.4 Å². The number of ether oxygens (including phenoxy) is 1. The maximum Gasteiger partial charge on any atom is 0.142 e. The van der Waals surface area contributed by atoms with E-state index in [0.29, 0.717) is 6.54 Å². The Labute approximate surface area is 119 Å². The third kappa shape index (κ3) is 3.23. The van der Waals surface area contributed by atoms with Crippen molar-refractivity contribution in [1.29, 1.82) is 0 Å². The molecule has 0 atom stereocenters. The normalized spacial score (nSPS) is 10.4. The van der Waals surface area contributed by atoms with Crippen molar-refractivity contribution in [1.82, 2.24) is 4.98 Å². The zero-order chi connectivity index (χ0) is 13.0. The number of methoxy groups -OCH3 is 1. The highest BCUT2D eigenvalue weighted by molar-refractivity contribution is 9.10. The van der Waals surface area contributed by atoms with Crippen LogP contribution in [0.2, 0.25) is 0 Å². The molecule has 0 bridgehead atoms. The van der Waals surface area contributed by atoms with Crippen molar-refractivity contribution < 1.29 is 4.74 Å². The minimum absolute atomic E-state index is 0.712. The molecule has 0 saturated carbocycles. The zero-order valence-electron chi connectivity index (χ0n) is 10.4. The predicted octanol–water partition coefficient (Wildman–Crippen LogP) is 4.09. The quantitative estimate of drug-likeness (QED) is 0.898. The molecule has 0 amide bonds. The van der Waals surface area contributed by atoms with Crippen LogP contribution in [0.1, 0.15) is 17.6 Å². The first-order valence-corrected chi connectivity index (χ1v) is 7.41. The van der Waals surface area contributed by atoms with Gasteiger partial charge in [-0.3, -0.25) is 0 Å². The number of rotatable bonds is 5. The molecule has 0 saturated heterocycles. The summed E-state index contributed by atoms with van der Waals surface area (Å²) in [5.74, 6) is 0.837. The number of hydrogen-bond acceptors (Lipinski definition) is 4. The number of aromatic nitrogens is 1. The van der Waals surface area contributed by atoms with Crippen LogP contribution in [-0.4, -0.2) is 12.1 Å². The van der Waals surface area contributed by atoms with E-state index >= 15 is 0 Å². The first-order chi connectivity index (χ1) is 8.72. The lowest BCUT2D eigenvalue weighted by Gasteiger charge is -2.10. The SMILES string of the molecule is CCc1nc(CNc2cc(Br)ccc2OC)cs1. The van der Waals surface area contributed by atoms with Gasteiger partial charge in [-0.2, -0.15) is 0 Å². The lowest BCUT2D eigenvalue weighted by Crippen LogP contribution is -2.02. The first kappa shape index (κ1) is 13.4. The standard InChI is InChI=1S/C13H15BrN2OS/c1-3-13-16-10(8-18-13)7-15-11-6-9(14)4-5-12(11)17-2/h4-6,8,15H,3,7H2,1-2H3. The molecule has 2 aromatic rings. The van der Waals surface area contributed by atoms with Gasteiger partial charge >= 0.3 is 0 Å². The number of nitrogens with zero attached hydrogens (tertiary/aromatic N) is 1.